The van der Waals surface area contributed by atoms with Crippen LogP contribution in [0.15, 0.2) is 24.8 Å². The zero-order valence-corrected chi connectivity index (χ0v) is 12.9. The lowest BCUT2D eigenvalue weighted by Crippen LogP contribution is -2.40. The van der Waals surface area contributed by atoms with Gasteiger partial charge in [0, 0.05) is 37.9 Å². The van der Waals surface area contributed by atoms with Crippen molar-refractivity contribution in [3.63, 3.8) is 0 Å². The molecule has 2 aromatic heterocycles. The molecule has 1 saturated heterocycles. The molecule has 0 atom stereocenters. The van der Waals surface area contributed by atoms with E-state index in [1.165, 1.54) is 0 Å². The molecule has 0 aromatic carbocycles. The zero-order chi connectivity index (χ0) is 17.0. The van der Waals surface area contributed by atoms with Gasteiger partial charge in [-0.25, -0.2) is 9.97 Å². The highest BCUT2D eigenvalue weighted by molar-refractivity contribution is 5.36. The molecule has 2 aromatic rings. The number of piperidine rings is 1. The summed E-state index contributed by atoms with van der Waals surface area (Å²) < 4.78 is 39.8. The number of likely N-dealkylation sites (tertiary alicyclic amines) is 1. The molecule has 0 amide bonds. The first-order valence-electron chi connectivity index (χ1n) is 7.73. The number of aromatic nitrogens is 5. The van der Waals surface area contributed by atoms with Gasteiger partial charge in [0.2, 0.25) is 0 Å². The van der Waals surface area contributed by atoms with E-state index >= 15 is 0 Å². The first kappa shape index (κ1) is 16.6. The van der Waals surface area contributed by atoms with Crippen LogP contribution in [-0.4, -0.2) is 55.5 Å². The van der Waals surface area contributed by atoms with Crippen LogP contribution in [0, 0.1) is 0 Å². The second-order valence-corrected chi connectivity index (χ2v) is 5.71. The molecule has 130 valence electrons. The van der Waals surface area contributed by atoms with Crippen LogP contribution in [0.5, 0.6) is 0 Å². The fourth-order valence-corrected chi connectivity index (χ4v) is 2.70. The van der Waals surface area contributed by atoms with Crippen LogP contribution >= 0.6 is 0 Å². The van der Waals surface area contributed by atoms with Gasteiger partial charge in [0.25, 0.3) is 0 Å². The monoisotopic (exact) mass is 341 g/mol. The van der Waals surface area contributed by atoms with Crippen molar-refractivity contribution in [2.45, 2.75) is 31.6 Å². The van der Waals surface area contributed by atoms with Gasteiger partial charge in [-0.3, -0.25) is 4.68 Å². The molecule has 0 radical (unpaired) electrons. The molecule has 24 heavy (non-hydrogen) atoms. The van der Waals surface area contributed by atoms with E-state index in [-0.39, 0.29) is 11.9 Å². The van der Waals surface area contributed by atoms with Gasteiger partial charge >= 0.3 is 6.18 Å². The molecule has 3 rings (SSSR count). The van der Waals surface area contributed by atoms with Crippen molar-refractivity contribution in [2.24, 2.45) is 0 Å². The third-order valence-corrected chi connectivity index (χ3v) is 4.01. The molecule has 7 nitrogen and oxygen atoms in total. The molecule has 0 saturated carbocycles. The summed E-state index contributed by atoms with van der Waals surface area (Å²) in [6.07, 6.45) is 1.66. The summed E-state index contributed by atoms with van der Waals surface area (Å²) >= 11 is 0. The third kappa shape index (κ3) is 4.40. The molecule has 0 aliphatic carbocycles. The highest BCUT2D eigenvalue weighted by Gasteiger charge is 2.33. The number of nitrogens with one attached hydrogen (secondary N) is 1. The highest BCUT2D eigenvalue weighted by atomic mass is 19.4. The van der Waals surface area contributed by atoms with Crippen LogP contribution in [0.1, 0.15) is 18.5 Å². The molecular weight excluding hydrogens is 323 g/mol. The van der Waals surface area contributed by atoms with Crippen LogP contribution in [0.2, 0.25) is 0 Å². The van der Waals surface area contributed by atoms with Crippen molar-refractivity contribution in [1.82, 2.24) is 29.9 Å². The minimum Gasteiger partial charge on any atom is -0.367 e. The first-order valence-corrected chi connectivity index (χ1v) is 7.73. The van der Waals surface area contributed by atoms with Gasteiger partial charge in [0.05, 0.1) is 12.7 Å². The summed E-state index contributed by atoms with van der Waals surface area (Å²) in [5.74, 6) is 0.221. The smallest absolute Gasteiger partial charge is 0.367 e. The Morgan fingerprint density at radius 2 is 1.96 bits per heavy atom. The lowest BCUT2D eigenvalue weighted by Gasteiger charge is -2.32. The van der Waals surface area contributed by atoms with E-state index in [0.717, 1.165) is 51.4 Å². The van der Waals surface area contributed by atoms with E-state index in [1.54, 1.807) is 10.9 Å². The number of halogens is 3. The normalized spacial score (nSPS) is 17.1. The van der Waals surface area contributed by atoms with Crippen LogP contribution < -0.4 is 5.32 Å². The lowest BCUT2D eigenvalue weighted by atomic mass is 10.1. The summed E-state index contributed by atoms with van der Waals surface area (Å²) in [7, 11) is 0. The fourth-order valence-electron chi connectivity index (χ4n) is 2.70. The van der Waals surface area contributed by atoms with E-state index in [4.69, 9.17) is 0 Å². The number of hydrogen-bond acceptors (Lipinski definition) is 6. The Morgan fingerprint density at radius 3 is 2.62 bits per heavy atom. The van der Waals surface area contributed by atoms with Crippen LogP contribution in [0.4, 0.5) is 19.0 Å². The standard InChI is InChI=1S/C14H18F3N7/c15-14(16,17)12-9-13(19-10-18-12)21-11-1-4-23(5-2-11)7-8-24-6-3-20-22-24/h3,6,9-11H,1-2,4-5,7-8H2,(H,18,19,21). The van der Waals surface area contributed by atoms with Crippen LogP contribution in [0.3, 0.4) is 0 Å². The molecule has 1 aliphatic heterocycles. The van der Waals surface area contributed by atoms with Gasteiger partial charge in [0.1, 0.15) is 17.8 Å². The molecule has 0 unspecified atom stereocenters. The minimum atomic E-state index is -4.45. The van der Waals surface area contributed by atoms with E-state index in [2.05, 4.69) is 30.5 Å². The van der Waals surface area contributed by atoms with Crippen molar-refractivity contribution >= 4 is 5.82 Å². The SMILES string of the molecule is FC(F)(F)c1cc(NC2CCN(CCn3ccnn3)CC2)ncn1. The molecule has 10 heteroatoms. The highest BCUT2D eigenvalue weighted by Crippen LogP contribution is 2.28. The van der Waals surface area contributed by atoms with Gasteiger partial charge in [-0.15, -0.1) is 5.10 Å². The average molecular weight is 341 g/mol. The Balaban J connectivity index is 1.47. The molecule has 3 heterocycles. The predicted molar refractivity (Wildman–Crippen MR) is 80.1 cm³/mol. The van der Waals surface area contributed by atoms with Crippen molar-refractivity contribution in [3.05, 3.63) is 30.5 Å². The Hall–Kier alpha value is -2.23. The van der Waals surface area contributed by atoms with Gasteiger partial charge in [-0.1, -0.05) is 5.21 Å². The molecule has 1 aliphatic rings. The van der Waals surface area contributed by atoms with Crippen LogP contribution in [0.25, 0.3) is 0 Å². The Morgan fingerprint density at radius 1 is 1.17 bits per heavy atom. The molecule has 0 bridgehead atoms. The maximum atomic E-state index is 12.7. The van der Waals surface area contributed by atoms with Gasteiger partial charge < -0.3 is 10.2 Å². The van der Waals surface area contributed by atoms with Crippen molar-refractivity contribution in [1.29, 1.82) is 0 Å². The van der Waals surface area contributed by atoms with Gasteiger partial charge in [-0.05, 0) is 12.8 Å². The van der Waals surface area contributed by atoms with E-state index in [9.17, 15) is 13.2 Å². The fraction of sp³-hybridized carbons (Fsp3) is 0.571. The summed E-state index contributed by atoms with van der Waals surface area (Å²) in [5.41, 5.74) is -0.926. The quantitative estimate of drug-likeness (QED) is 0.892. The summed E-state index contributed by atoms with van der Waals surface area (Å²) in [6.45, 7) is 3.41. The minimum absolute atomic E-state index is 0.114. The third-order valence-electron chi connectivity index (χ3n) is 4.01. The lowest BCUT2D eigenvalue weighted by molar-refractivity contribution is -0.141. The maximum absolute atomic E-state index is 12.7. The maximum Gasteiger partial charge on any atom is 0.433 e. The Bertz CT molecular complexity index is 636. The Labute approximate surface area is 136 Å². The Kier molecular flexibility index (Phi) is 4.93. The second kappa shape index (κ2) is 7.12. The van der Waals surface area contributed by atoms with Gasteiger partial charge in [-0.2, -0.15) is 13.2 Å². The topological polar surface area (TPSA) is 71.8 Å². The molecule has 1 fully saturated rings. The average Bonchev–Trinajstić information content (AvgIpc) is 3.07. The second-order valence-electron chi connectivity index (χ2n) is 5.71. The molecular formula is C14H18F3N7. The number of hydrogen-bond donors (Lipinski definition) is 1. The van der Waals surface area contributed by atoms with Crippen molar-refractivity contribution in [2.75, 3.05) is 25.0 Å². The predicted octanol–water partition coefficient (Wildman–Crippen LogP) is 1.66. The number of alkyl halides is 3. The van der Waals surface area contributed by atoms with Crippen molar-refractivity contribution in [3.8, 4) is 0 Å². The molecule has 1 N–H and O–H groups in total. The van der Waals surface area contributed by atoms with Gasteiger partial charge in [0.15, 0.2) is 0 Å². The zero-order valence-electron chi connectivity index (χ0n) is 12.9. The number of rotatable bonds is 5. The summed E-state index contributed by atoms with van der Waals surface area (Å²) in [4.78, 5) is 9.46. The van der Waals surface area contributed by atoms with E-state index in [1.807, 2.05) is 6.20 Å². The summed E-state index contributed by atoms with van der Waals surface area (Å²) in [6, 6.07) is 1.07. The van der Waals surface area contributed by atoms with Crippen LogP contribution in [-0.2, 0) is 12.7 Å². The largest absolute Gasteiger partial charge is 0.433 e. The molecule has 0 spiro atoms. The number of nitrogens with zero attached hydrogens (tertiary/aromatic N) is 6. The number of anilines is 1. The first-order chi connectivity index (χ1) is 11.5. The van der Waals surface area contributed by atoms with E-state index in [0.29, 0.717) is 0 Å². The summed E-state index contributed by atoms with van der Waals surface area (Å²) in [5, 5.41) is 10.8. The van der Waals surface area contributed by atoms with Crippen molar-refractivity contribution < 1.29 is 13.2 Å². The van der Waals surface area contributed by atoms with E-state index < -0.39 is 11.9 Å².